The smallest absolute Gasteiger partial charge is 0.323 e. The van der Waals surface area contributed by atoms with Gasteiger partial charge in [-0.3, -0.25) is 4.62 Å². The van der Waals surface area contributed by atoms with E-state index in [0.29, 0.717) is 6.54 Å². The molecule has 64 valence electrons. The van der Waals surface area contributed by atoms with Crippen LogP contribution in [0.2, 0.25) is 0 Å². The molecule has 1 rings (SSSR count). The monoisotopic (exact) mass is 176 g/mol. The Bertz CT molecular complexity index is 140. The third-order valence-corrected chi connectivity index (χ3v) is 2.04. The lowest BCUT2D eigenvalue weighted by Crippen LogP contribution is -2.47. The van der Waals surface area contributed by atoms with Gasteiger partial charge in [-0.2, -0.15) is 0 Å². The van der Waals surface area contributed by atoms with Crippen molar-refractivity contribution < 1.29 is 9.42 Å². The highest BCUT2D eigenvalue weighted by Gasteiger charge is 2.23. The van der Waals surface area contributed by atoms with Gasteiger partial charge in [0.2, 0.25) is 0 Å². The molecule has 4 nitrogen and oxygen atoms in total. The van der Waals surface area contributed by atoms with Crippen LogP contribution in [0.15, 0.2) is 0 Å². The Kier molecular flexibility index (Phi) is 3.09. The van der Waals surface area contributed by atoms with Gasteiger partial charge < -0.3 is 4.90 Å². The summed E-state index contributed by atoms with van der Waals surface area (Å²) in [5.41, 5.74) is 0. The summed E-state index contributed by atoms with van der Waals surface area (Å²) in [5, 5.41) is 1.36. The summed E-state index contributed by atoms with van der Waals surface area (Å²) in [6.45, 7) is 4.26. The van der Waals surface area contributed by atoms with Crippen molar-refractivity contribution in [2.75, 3.05) is 19.6 Å². The van der Waals surface area contributed by atoms with Crippen LogP contribution in [0.4, 0.5) is 4.79 Å². The molecule has 1 fully saturated rings. The molecule has 0 aliphatic carbocycles. The standard InChI is InChI=1S/C6H13N2O2P/c1-2-7-4-3-5-8(10-11)6(7)9/h2-5,11H2,1H3. The van der Waals surface area contributed by atoms with Crippen LogP contribution in [0.25, 0.3) is 0 Å². The first-order valence-corrected chi connectivity index (χ1v) is 4.20. The van der Waals surface area contributed by atoms with Gasteiger partial charge in [0.25, 0.3) is 0 Å². The summed E-state index contributed by atoms with van der Waals surface area (Å²) in [6, 6.07) is -0.0336. The van der Waals surface area contributed by atoms with E-state index < -0.39 is 0 Å². The maximum atomic E-state index is 11.3. The first-order chi connectivity index (χ1) is 5.29. The SMILES string of the molecule is CCN1CCCN(OP)C1=O. The maximum absolute atomic E-state index is 11.3. The van der Waals surface area contributed by atoms with Gasteiger partial charge in [0, 0.05) is 22.6 Å². The summed E-state index contributed by atoms with van der Waals surface area (Å²) in [6.07, 6.45) is 0.980. The van der Waals surface area contributed by atoms with E-state index in [9.17, 15) is 4.79 Å². The first-order valence-electron chi connectivity index (χ1n) is 3.73. The predicted octanol–water partition coefficient (Wildman–Crippen LogP) is 0.856. The highest BCUT2D eigenvalue weighted by molar-refractivity contribution is 7.09. The predicted molar refractivity (Wildman–Crippen MR) is 44.8 cm³/mol. The van der Waals surface area contributed by atoms with Crippen molar-refractivity contribution in [3.05, 3.63) is 0 Å². The number of carbonyl (C=O) groups is 1. The minimum absolute atomic E-state index is 0.0336. The van der Waals surface area contributed by atoms with Crippen molar-refractivity contribution >= 4 is 15.5 Å². The van der Waals surface area contributed by atoms with E-state index in [2.05, 4.69) is 9.47 Å². The van der Waals surface area contributed by atoms with Crippen LogP contribution in [-0.4, -0.2) is 35.6 Å². The van der Waals surface area contributed by atoms with Crippen LogP contribution < -0.4 is 0 Å². The number of urea groups is 1. The van der Waals surface area contributed by atoms with Crippen LogP contribution in [0.3, 0.4) is 0 Å². The largest absolute Gasteiger partial charge is 0.344 e. The minimum Gasteiger partial charge on any atom is -0.323 e. The number of nitrogens with zero attached hydrogens (tertiary/aromatic N) is 2. The molecule has 11 heavy (non-hydrogen) atoms. The second-order valence-corrected chi connectivity index (χ2v) is 2.63. The molecule has 0 aromatic carbocycles. The van der Waals surface area contributed by atoms with Crippen molar-refractivity contribution in [3.63, 3.8) is 0 Å². The van der Waals surface area contributed by atoms with Crippen LogP contribution in [0, 0.1) is 0 Å². The first kappa shape index (κ1) is 8.75. The molecule has 1 aliphatic heterocycles. The zero-order chi connectivity index (χ0) is 8.27. The molecule has 1 aliphatic rings. The van der Waals surface area contributed by atoms with E-state index in [1.54, 1.807) is 4.90 Å². The van der Waals surface area contributed by atoms with Crippen LogP contribution in [0.5, 0.6) is 0 Å². The summed E-state index contributed by atoms with van der Waals surface area (Å²) in [5.74, 6) is 0. The molecule has 0 radical (unpaired) electrons. The molecule has 1 heterocycles. The summed E-state index contributed by atoms with van der Waals surface area (Å²) in [7, 11) is 2.09. The Morgan fingerprint density at radius 2 is 2.36 bits per heavy atom. The summed E-state index contributed by atoms with van der Waals surface area (Å²) >= 11 is 0. The summed E-state index contributed by atoms with van der Waals surface area (Å²) < 4.78 is 4.79. The number of rotatable bonds is 2. The third kappa shape index (κ3) is 1.82. The van der Waals surface area contributed by atoms with Gasteiger partial charge in [-0.15, -0.1) is 0 Å². The van der Waals surface area contributed by atoms with Gasteiger partial charge in [-0.25, -0.2) is 9.86 Å². The van der Waals surface area contributed by atoms with E-state index in [-0.39, 0.29) is 6.03 Å². The second kappa shape index (κ2) is 3.88. The molecule has 1 unspecified atom stereocenters. The quantitative estimate of drug-likeness (QED) is 0.584. The Hall–Kier alpha value is -0.340. The topological polar surface area (TPSA) is 32.8 Å². The van der Waals surface area contributed by atoms with E-state index >= 15 is 0 Å². The molecular formula is C6H13N2O2P. The highest BCUT2D eigenvalue weighted by atomic mass is 31.0. The lowest BCUT2D eigenvalue weighted by atomic mass is 10.3. The second-order valence-electron chi connectivity index (χ2n) is 2.42. The number of hydroxylamine groups is 2. The fourth-order valence-electron chi connectivity index (χ4n) is 1.15. The van der Waals surface area contributed by atoms with Crippen LogP contribution in [0.1, 0.15) is 13.3 Å². The zero-order valence-electron chi connectivity index (χ0n) is 6.62. The molecule has 2 amide bonds. The van der Waals surface area contributed by atoms with E-state index in [1.165, 1.54) is 5.06 Å². The van der Waals surface area contributed by atoms with Crippen molar-refractivity contribution in [1.82, 2.24) is 9.96 Å². The number of hydrogen-bond acceptors (Lipinski definition) is 2. The average molecular weight is 176 g/mol. The molecule has 0 aromatic heterocycles. The number of amides is 2. The van der Waals surface area contributed by atoms with Crippen LogP contribution >= 0.6 is 9.47 Å². The minimum atomic E-state index is -0.0336. The number of carbonyl (C=O) groups excluding carboxylic acids is 1. The van der Waals surface area contributed by atoms with Crippen molar-refractivity contribution in [2.24, 2.45) is 0 Å². The molecule has 0 bridgehead atoms. The van der Waals surface area contributed by atoms with Gasteiger partial charge in [0.15, 0.2) is 0 Å². The van der Waals surface area contributed by atoms with Gasteiger partial charge in [0.1, 0.15) is 0 Å². The zero-order valence-corrected chi connectivity index (χ0v) is 7.77. The van der Waals surface area contributed by atoms with E-state index in [4.69, 9.17) is 4.62 Å². The van der Waals surface area contributed by atoms with E-state index in [0.717, 1.165) is 19.5 Å². The molecule has 1 atom stereocenters. The fraction of sp³-hybridized carbons (Fsp3) is 0.833. The molecule has 1 saturated heterocycles. The normalized spacial score (nSPS) is 19.3. The molecular weight excluding hydrogens is 163 g/mol. The van der Waals surface area contributed by atoms with Crippen molar-refractivity contribution in [3.8, 4) is 0 Å². The number of hydrogen-bond donors (Lipinski definition) is 0. The van der Waals surface area contributed by atoms with Gasteiger partial charge in [-0.1, -0.05) is 0 Å². The molecule has 5 heteroatoms. The average Bonchev–Trinajstić information content (AvgIpc) is 2.05. The van der Waals surface area contributed by atoms with Gasteiger partial charge in [-0.05, 0) is 13.3 Å². The van der Waals surface area contributed by atoms with E-state index in [1.807, 2.05) is 6.92 Å². The summed E-state index contributed by atoms with van der Waals surface area (Å²) in [4.78, 5) is 13.1. The Labute approximate surface area is 68.7 Å². The Balaban J connectivity index is 2.52. The molecule has 0 spiro atoms. The molecule has 0 saturated carbocycles. The maximum Gasteiger partial charge on any atom is 0.344 e. The van der Waals surface area contributed by atoms with Gasteiger partial charge >= 0.3 is 6.03 Å². The molecule has 0 N–H and O–H groups in total. The Morgan fingerprint density at radius 1 is 1.64 bits per heavy atom. The van der Waals surface area contributed by atoms with Gasteiger partial charge in [0.05, 0.1) is 6.54 Å². The van der Waals surface area contributed by atoms with Crippen LogP contribution in [-0.2, 0) is 4.62 Å². The highest BCUT2D eigenvalue weighted by Crippen LogP contribution is 2.10. The molecule has 0 aromatic rings. The Morgan fingerprint density at radius 3 is 2.91 bits per heavy atom. The van der Waals surface area contributed by atoms with Crippen molar-refractivity contribution in [2.45, 2.75) is 13.3 Å². The fourth-order valence-corrected chi connectivity index (χ4v) is 1.34. The third-order valence-electron chi connectivity index (χ3n) is 1.78. The lowest BCUT2D eigenvalue weighted by Gasteiger charge is -2.32. The lowest BCUT2D eigenvalue weighted by molar-refractivity contribution is -0.0279. The van der Waals surface area contributed by atoms with Crippen molar-refractivity contribution in [1.29, 1.82) is 0 Å².